The van der Waals surface area contributed by atoms with Gasteiger partial charge in [0.15, 0.2) is 0 Å². The molecule has 3 rings (SSSR count). The second-order valence-electron chi connectivity index (χ2n) is 6.26. The summed E-state index contributed by atoms with van der Waals surface area (Å²) in [6.45, 7) is 4.19. The molecular formula is C20H25N2O2+. The molecule has 0 unspecified atom stereocenters. The molecule has 0 bridgehead atoms. The fourth-order valence-corrected chi connectivity index (χ4v) is 3.08. The quantitative estimate of drug-likeness (QED) is 0.856. The predicted molar refractivity (Wildman–Crippen MR) is 94.7 cm³/mol. The third-order valence-electron chi connectivity index (χ3n) is 4.40. The van der Waals surface area contributed by atoms with Crippen LogP contribution in [0.1, 0.15) is 29.6 Å². The number of hydrogen-bond donors (Lipinski definition) is 2. The summed E-state index contributed by atoms with van der Waals surface area (Å²) in [5, 5.41) is 3.02. The summed E-state index contributed by atoms with van der Waals surface area (Å²) in [5.74, 6) is 1.41. The van der Waals surface area contributed by atoms with Gasteiger partial charge >= 0.3 is 0 Å². The molecule has 0 atom stereocenters. The fraction of sp³-hybridized carbons (Fsp3) is 0.350. The second-order valence-corrected chi connectivity index (χ2v) is 6.26. The number of quaternary nitrogens is 1. The lowest BCUT2D eigenvalue weighted by Crippen LogP contribution is -3.13. The van der Waals surface area contributed by atoms with Gasteiger partial charge in [-0.2, -0.15) is 0 Å². The molecule has 0 saturated carbocycles. The fourth-order valence-electron chi connectivity index (χ4n) is 3.08. The number of piperidine rings is 1. The van der Waals surface area contributed by atoms with Crippen molar-refractivity contribution in [2.45, 2.75) is 19.3 Å². The van der Waals surface area contributed by atoms with Crippen molar-refractivity contribution in [3.05, 3.63) is 60.2 Å². The van der Waals surface area contributed by atoms with E-state index in [-0.39, 0.29) is 5.91 Å². The maximum Gasteiger partial charge on any atom is 0.251 e. The van der Waals surface area contributed by atoms with Gasteiger partial charge in [0.2, 0.25) is 0 Å². The molecule has 1 aliphatic rings. The molecule has 126 valence electrons. The molecule has 0 aromatic heterocycles. The largest absolute Gasteiger partial charge is 0.457 e. The lowest BCUT2D eigenvalue weighted by atomic mass is 10.1. The molecule has 2 aromatic rings. The van der Waals surface area contributed by atoms with E-state index in [0.29, 0.717) is 11.3 Å². The third-order valence-corrected chi connectivity index (χ3v) is 4.40. The van der Waals surface area contributed by atoms with E-state index < -0.39 is 0 Å². The number of carbonyl (C=O) groups excluding carboxylic acids is 1. The van der Waals surface area contributed by atoms with E-state index in [1.807, 2.05) is 48.5 Å². The van der Waals surface area contributed by atoms with Crippen LogP contribution < -0.4 is 15.0 Å². The van der Waals surface area contributed by atoms with Gasteiger partial charge in [-0.05, 0) is 49.6 Å². The Labute approximate surface area is 143 Å². The highest BCUT2D eigenvalue weighted by molar-refractivity contribution is 5.94. The molecule has 2 aromatic carbocycles. The first-order valence-corrected chi connectivity index (χ1v) is 8.76. The van der Waals surface area contributed by atoms with Gasteiger partial charge in [-0.25, -0.2) is 0 Å². The van der Waals surface area contributed by atoms with E-state index in [1.54, 1.807) is 11.0 Å². The van der Waals surface area contributed by atoms with Gasteiger partial charge in [-0.15, -0.1) is 0 Å². The number of carbonyl (C=O) groups is 1. The summed E-state index contributed by atoms with van der Waals surface area (Å²) in [5.41, 5.74) is 0.636. The van der Waals surface area contributed by atoms with Gasteiger partial charge in [-0.1, -0.05) is 24.3 Å². The average Bonchev–Trinajstić information content (AvgIpc) is 2.64. The molecule has 1 saturated heterocycles. The van der Waals surface area contributed by atoms with Crippen LogP contribution in [0.5, 0.6) is 11.5 Å². The molecule has 0 aliphatic carbocycles. The normalized spacial score (nSPS) is 15.0. The highest BCUT2D eigenvalue weighted by atomic mass is 16.5. The van der Waals surface area contributed by atoms with Crippen molar-refractivity contribution in [1.29, 1.82) is 0 Å². The van der Waals surface area contributed by atoms with Crippen molar-refractivity contribution in [2.24, 2.45) is 0 Å². The van der Waals surface area contributed by atoms with Crippen LogP contribution >= 0.6 is 0 Å². The molecule has 1 amide bonds. The lowest BCUT2D eigenvalue weighted by molar-refractivity contribution is -0.903. The zero-order valence-corrected chi connectivity index (χ0v) is 14.0. The molecule has 4 heteroatoms. The number of rotatable bonds is 6. The zero-order valence-electron chi connectivity index (χ0n) is 14.0. The van der Waals surface area contributed by atoms with Gasteiger partial charge in [0.25, 0.3) is 5.91 Å². The molecule has 1 fully saturated rings. The minimum atomic E-state index is -0.0371. The maximum absolute atomic E-state index is 12.3. The Hall–Kier alpha value is -2.33. The smallest absolute Gasteiger partial charge is 0.251 e. The molecule has 1 heterocycles. The first-order valence-electron chi connectivity index (χ1n) is 8.76. The minimum absolute atomic E-state index is 0.0371. The van der Waals surface area contributed by atoms with Crippen LogP contribution in [0.15, 0.2) is 54.6 Å². The molecule has 4 nitrogen and oxygen atoms in total. The molecule has 0 radical (unpaired) electrons. The SMILES string of the molecule is O=C(NCC[NH+]1CCCCC1)c1cccc(Oc2ccccc2)c1. The van der Waals surface area contributed by atoms with Crippen molar-refractivity contribution >= 4 is 5.91 Å². The van der Waals surface area contributed by atoms with Crippen LogP contribution in [-0.2, 0) is 0 Å². The first kappa shape index (κ1) is 16.5. The standard InChI is InChI=1S/C20H24N2O2/c23-20(21-12-15-22-13-5-2-6-14-22)17-8-7-11-19(16-17)24-18-9-3-1-4-10-18/h1,3-4,7-11,16H,2,5-6,12-15H2,(H,21,23)/p+1. The number of nitrogens with one attached hydrogen (secondary N) is 2. The molecule has 24 heavy (non-hydrogen) atoms. The Morgan fingerprint density at radius 1 is 0.958 bits per heavy atom. The van der Waals surface area contributed by atoms with Crippen LogP contribution in [0.2, 0.25) is 0 Å². The Bertz CT molecular complexity index is 652. The number of ether oxygens (including phenoxy) is 1. The number of likely N-dealkylation sites (tertiary alicyclic amines) is 1. The Morgan fingerprint density at radius 3 is 2.50 bits per heavy atom. The van der Waals surface area contributed by atoms with Crippen molar-refractivity contribution in [3.63, 3.8) is 0 Å². The van der Waals surface area contributed by atoms with E-state index >= 15 is 0 Å². The molecule has 2 N–H and O–H groups in total. The Balaban J connectivity index is 1.52. The molecular weight excluding hydrogens is 300 g/mol. The summed E-state index contributed by atoms with van der Waals surface area (Å²) < 4.78 is 5.78. The summed E-state index contributed by atoms with van der Waals surface area (Å²) in [4.78, 5) is 13.9. The summed E-state index contributed by atoms with van der Waals surface area (Å²) in [6, 6.07) is 16.9. The zero-order chi connectivity index (χ0) is 16.6. The molecule has 0 spiro atoms. The predicted octanol–water partition coefficient (Wildman–Crippen LogP) is 2.28. The van der Waals surface area contributed by atoms with Crippen LogP contribution in [0, 0.1) is 0 Å². The van der Waals surface area contributed by atoms with Crippen LogP contribution in [0.25, 0.3) is 0 Å². The van der Waals surface area contributed by atoms with Crippen molar-refractivity contribution in [2.75, 3.05) is 26.2 Å². The van der Waals surface area contributed by atoms with Crippen molar-refractivity contribution in [1.82, 2.24) is 5.32 Å². The van der Waals surface area contributed by atoms with Gasteiger partial charge in [0.05, 0.1) is 26.2 Å². The van der Waals surface area contributed by atoms with E-state index in [9.17, 15) is 4.79 Å². The van der Waals surface area contributed by atoms with Crippen LogP contribution in [0.4, 0.5) is 0 Å². The third kappa shape index (κ3) is 4.83. The van der Waals surface area contributed by atoms with E-state index in [1.165, 1.54) is 32.4 Å². The monoisotopic (exact) mass is 325 g/mol. The number of hydrogen-bond acceptors (Lipinski definition) is 2. The summed E-state index contributed by atoms with van der Waals surface area (Å²) in [6.07, 6.45) is 3.97. The van der Waals surface area contributed by atoms with Crippen LogP contribution in [0.3, 0.4) is 0 Å². The van der Waals surface area contributed by atoms with Crippen molar-refractivity contribution in [3.8, 4) is 11.5 Å². The minimum Gasteiger partial charge on any atom is -0.457 e. The average molecular weight is 325 g/mol. The van der Waals surface area contributed by atoms with E-state index in [2.05, 4.69) is 5.32 Å². The number of benzene rings is 2. The summed E-state index contributed by atoms with van der Waals surface area (Å²) in [7, 11) is 0. The highest BCUT2D eigenvalue weighted by Gasteiger charge is 2.13. The second kappa shape index (κ2) is 8.50. The van der Waals surface area contributed by atoms with E-state index in [0.717, 1.165) is 18.8 Å². The Morgan fingerprint density at radius 2 is 1.71 bits per heavy atom. The topological polar surface area (TPSA) is 42.8 Å². The maximum atomic E-state index is 12.3. The van der Waals surface area contributed by atoms with Crippen molar-refractivity contribution < 1.29 is 14.4 Å². The number of amides is 1. The first-order chi connectivity index (χ1) is 11.8. The highest BCUT2D eigenvalue weighted by Crippen LogP contribution is 2.21. The molecule has 1 aliphatic heterocycles. The van der Waals surface area contributed by atoms with Crippen LogP contribution in [-0.4, -0.2) is 32.1 Å². The van der Waals surface area contributed by atoms with Gasteiger partial charge in [0.1, 0.15) is 11.5 Å². The Kier molecular flexibility index (Phi) is 5.85. The van der Waals surface area contributed by atoms with Gasteiger partial charge in [-0.3, -0.25) is 4.79 Å². The lowest BCUT2D eigenvalue weighted by Gasteiger charge is -2.23. The number of para-hydroxylation sites is 1. The van der Waals surface area contributed by atoms with E-state index in [4.69, 9.17) is 4.74 Å². The summed E-state index contributed by atoms with van der Waals surface area (Å²) >= 11 is 0. The van der Waals surface area contributed by atoms with Gasteiger partial charge < -0.3 is 15.0 Å². The van der Waals surface area contributed by atoms with Gasteiger partial charge in [0, 0.05) is 5.56 Å².